The topological polar surface area (TPSA) is 74.6 Å². The molecule has 0 heterocycles. The van der Waals surface area contributed by atoms with Crippen LogP contribution in [0.4, 0.5) is 0 Å². The molecule has 3 aliphatic rings. The minimum absolute atomic E-state index is 0. The van der Waals surface area contributed by atoms with Gasteiger partial charge in [-0.3, -0.25) is 9.59 Å². The molecule has 0 aromatic rings. The van der Waals surface area contributed by atoms with Gasteiger partial charge in [-0.15, -0.1) is 12.0 Å². The molecule has 30 heavy (non-hydrogen) atoms. The van der Waals surface area contributed by atoms with Gasteiger partial charge >= 0.3 is 33.7 Å². The third-order valence-electron chi connectivity index (χ3n) is 5.49. The van der Waals surface area contributed by atoms with Crippen molar-refractivity contribution in [1.82, 2.24) is 0 Å². The van der Waals surface area contributed by atoms with E-state index >= 15 is 0 Å². The summed E-state index contributed by atoms with van der Waals surface area (Å²) in [4.78, 5) is 20.0. The number of carbonyl (C=O) groups is 2. The Bertz CT molecular complexity index is 595. The standard InChI is InChI=1S/C14H19.2C5H10O2.ClH.Ti/c1-10-11-6-2-4-8-13(11)14-9-5-3-7-12(10)14;2*1-5(2,3)4(6)7;;/h6,10H,2-5,7-9H2,1H3;2*1-3H3,(H,6,7);1H;/q-1;;;;+2/p-1. The zero-order valence-corrected chi connectivity index (χ0v) is 22.0. The molecule has 4 nitrogen and oxygen atoms in total. The van der Waals surface area contributed by atoms with Crippen LogP contribution in [0, 0.1) is 23.2 Å². The smallest absolute Gasteiger partial charge is 1.00 e. The second-order valence-corrected chi connectivity index (χ2v) is 10.1. The van der Waals surface area contributed by atoms with Gasteiger partial charge in [0.2, 0.25) is 0 Å². The molecule has 3 rings (SSSR count). The van der Waals surface area contributed by atoms with Crippen molar-refractivity contribution in [2.24, 2.45) is 16.7 Å². The van der Waals surface area contributed by atoms with E-state index in [1.165, 1.54) is 44.9 Å². The van der Waals surface area contributed by atoms with E-state index in [0.717, 1.165) is 5.92 Å². The Kier molecular flexibility index (Phi) is 13.6. The molecule has 0 saturated heterocycles. The molecule has 1 atom stereocenters. The Morgan fingerprint density at radius 3 is 1.67 bits per heavy atom. The molecule has 0 amide bonds. The van der Waals surface area contributed by atoms with Crippen LogP contribution < -0.4 is 12.4 Å². The number of rotatable bonds is 0. The van der Waals surface area contributed by atoms with Gasteiger partial charge in [0, 0.05) is 0 Å². The van der Waals surface area contributed by atoms with Crippen molar-refractivity contribution >= 4 is 11.9 Å². The molecule has 0 fully saturated rings. The molecule has 0 aliphatic heterocycles. The maximum Gasteiger partial charge on any atom is 2.00 e. The van der Waals surface area contributed by atoms with Crippen LogP contribution in [0.5, 0.6) is 0 Å². The van der Waals surface area contributed by atoms with Crippen molar-refractivity contribution in [3.63, 3.8) is 0 Å². The van der Waals surface area contributed by atoms with Crippen LogP contribution in [0.3, 0.4) is 0 Å². The molecule has 0 aromatic carbocycles. The van der Waals surface area contributed by atoms with Crippen LogP contribution in [0.2, 0.25) is 0 Å². The first kappa shape index (κ1) is 31.5. The Morgan fingerprint density at radius 2 is 1.23 bits per heavy atom. The maximum absolute atomic E-state index is 10.0. The summed E-state index contributed by atoms with van der Waals surface area (Å²) in [6.45, 7) is 12.4. The van der Waals surface area contributed by atoms with Crippen LogP contribution in [-0.2, 0) is 31.3 Å². The summed E-state index contributed by atoms with van der Waals surface area (Å²) in [5.74, 6) is -0.736. The number of halogens is 1. The number of hydrogen-bond donors (Lipinski definition) is 2. The fourth-order valence-electron chi connectivity index (χ4n) is 3.51. The Labute approximate surface area is 204 Å². The molecule has 170 valence electrons. The van der Waals surface area contributed by atoms with Gasteiger partial charge in [-0.25, -0.2) is 12.0 Å². The molecule has 0 saturated carbocycles. The Hall–Kier alpha value is -0.706. The first-order valence-corrected chi connectivity index (χ1v) is 10.5. The summed E-state index contributed by atoms with van der Waals surface area (Å²) < 4.78 is 0. The maximum atomic E-state index is 10.0. The summed E-state index contributed by atoms with van der Waals surface area (Å²) in [7, 11) is 0. The largest absolute Gasteiger partial charge is 2.00 e. The van der Waals surface area contributed by atoms with Crippen LogP contribution in [0.25, 0.3) is 0 Å². The third kappa shape index (κ3) is 9.20. The van der Waals surface area contributed by atoms with Crippen molar-refractivity contribution < 1.29 is 53.9 Å². The average Bonchev–Trinajstić information content (AvgIpc) is 2.88. The fraction of sp³-hybridized carbons (Fsp3) is 0.708. The summed E-state index contributed by atoms with van der Waals surface area (Å²) in [6.07, 6.45) is 12.2. The minimum atomic E-state index is -0.757. The number of allylic oxidation sites excluding steroid dienone is 4. The molecule has 2 N–H and O–H groups in total. The van der Waals surface area contributed by atoms with Crippen molar-refractivity contribution in [3.8, 4) is 0 Å². The van der Waals surface area contributed by atoms with E-state index in [0.29, 0.717) is 0 Å². The minimum Gasteiger partial charge on any atom is -1.00 e. The SMILES string of the molecule is CC(C)(C)C(=O)O.CC(C)(C)C(=O)O.CC1C2=C(CCC[CH-]2)C2=C1CCCC2.[Cl-].[Ti+2]. The summed E-state index contributed by atoms with van der Waals surface area (Å²) >= 11 is 0. The molecule has 0 radical (unpaired) electrons. The number of aliphatic carboxylic acids is 2. The summed E-state index contributed by atoms with van der Waals surface area (Å²) in [5.41, 5.74) is 5.90. The Morgan fingerprint density at radius 1 is 0.833 bits per heavy atom. The van der Waals surface area contributed by atoms with E-state index in [1.807, 2.05) is 0 Å². The Balaban J connectivity index is 0. The molecular formula is C24H39ClO4Ti. The third-order valence-corrected chi connectivity index (χ3v) is 5.49. The van der Waals surface area contributed by atoms with Crippen LogP contribution in [0.1, 0.15) is 93.4 Å². The number of carboxylic acids is 2. The molecule has 0 spiro atoms. The predicted molar refractivity (Wildman–Crippen MR) is 114 cm³/mol. The first-order chi connectivity index (χ1) is 12.8. The second-order valence-electron chi connectivity index (χ2n) is 10.1. The van der Waals surface area contributed by atoms with E-state index in [4.69, 9.17) is 10.2 Å². The summed E-state index contributed by atoms with van der Waals surface area (Å²) in [6, 6.07) is 0. The number of carboxylic acid groups (broad SMARTS) is 2. The van der Waals surface area contributed by atoms with Crippen molar-refractivity contribution in [2.75, 3.05) is 0 Å². The van der Waals surface area contributed by atoms with Gasteiger partial charge in [0.25, 0.3) is 0 Å². The zero-order chi connectivity index (χ0) is 21.7. The monoisotopic (exact) mass is 474 g/mol. The average molecular weight is 475 g/mol. The molecule has 3 aliphatic carbocycles. The molecule has 6 heteroatoms. The molecule has 0 aromatic heterocycles. The number of fused-ring (bicyclic) bond motifs is 1. The fourth-order valence-corrected chi connectivity index (χ4v) is 3.51. The molecular weight excluding hydrogens is 436 g/mol. The van der Waals surface area contributed by atoms with Gasteiger partial charge < -0.3 is 22.6 Å². The first-order valence-electron chi connectivity index (χ1n) is 10.5. The van der Waals surface area contributed by atoms with E-state index in [1.54, 1.807) is 63.8 Å². The van der Waals surface area contributed by atoms with Crippen LogP contribution in [-0.4, -0.2) is 22.2 Å². The van der Waals surface area contributed by atoms with Crippen LogP contribution >= 0.6 is 0 Å². The van der Waals surface area contributed by atoms with E-state index < -0.39 is 22.8 Å². The van der Waals surface area contributed by atoms with E-state index in [-0.39, 0.29) is 34.1 Å². The van der Waals surface area contributed by atoms with Crippen LogP contribution in [0.15, 0.2) is 22.3 Å². The van der Waals surface area contributed by atoms with Gasteiger partial charge in [0.15, 0.2) is 0 Å². The van der Waals surface area contributed by atoms with Crippen molar-refractivity contribution in [3.05, 3.63) is 28.7 Å². The van der Waals surface area contributed by atoms with Gasteiger partial charge in [-0.2, -0.15) is 5.57 Å². The predicted octanol–water partition coefficient (Wildman–Crippen LogP) is 3.43. The quantitative estimate of drug-likeness (QED) is 0.417. The van der Waals surface area contributed by atoms with E-state index in [2.05, 4.69) is 13.3 Å². The van der Waals surface area contributed by atoms with Crippen molar-refractivity contribution in [2.45, 2.75) is 93.4 Å². The summed E-state index contributed by atoms with van der Waals surface area (Å²) in [5, 5.41) is 16.5. The van der Waals surface area contributed by atoms with Gasteiger partial charge in [-0.05, 0) is 66.7 Å². The van der Waals surface area contributed by atoms with Gasteiger partial charge in [-0.1, -0.05) is 31.8 Å². The van der Waals surface area contributed by atoms with Gasteiger partial charge in [0.1, 0.15) is 0 Å². The van der Waals surface area contributed by atoms with Crippen molar-refractivity contribution in [1.29, 1.82) is 0 Å². The normalized spacial score (nSPS) is 19.9. The zero-order valence-electron chi connectivity index (χ0n) is 19.7. The molecule has 1 unspecified atom stereocenters. The second kappa shape index (κ2) is 13.0. The number of hydrogen-bond acceptors (Lipinski definition) is 2. The molecule has 0 bridgehead atoms. The van der Waals surface area contributed by atoms with E-state index in [9.17, 15) is 9.59 Å². The van der Waals surface area contributed by atoms with Gasteiger partial charge in [0.05, 0.1) is 10.8 Å².